The van der Waals surface area contributed by atoms with Crippen molar-refractivity contribution in [2.75, 3.05) is 6.54 Å². The number of hydrogen-bond donors (Lipinski definition) is 2. The first-order valence-corrected chi connectivity index (χ1v) is 9.91. The number of thiophene rings is 1. The van der Waals surface area contributed by atoms with Crippen LogP contribution in [-0.2, 0) is 7.05 Å². The highest BCUT2D eigenvalue weighted by Crippen LogP contribution is 2.28. The van der Waals surface area contributed by atoms with Gasteiger partial charge in [0.15, 0.2) is 11.5 Å². The number of imidazole rings is 1. The van der Waals surface area contributed by atoms with Gasteiger partial charge in [-0.1, -0.05) is 6.07 Å². The third-order valence-corrected chi connectivity index (χ3v) is 6.13. The Kier molecular flexibility index (Phi) is 4.74. The van der Waals surface area contributed by atoms with E-state index in [1.807, 2.05) is 29.1 Å². The van der Waals surface area contributed by atoms with Gasteiger partial charge >= 0.3 is 0 Å². The molecule has 3 aromatic rings. The minimum absolute atomic E-state index is 0.0653. The molecule has 26 heavy (non-hydrogen) atoms. The molecule has 136 valence electrons. The fourth-order valence-electron chi connectivity index (χ4n) is 3.69. The van der Waals surface area contributed by atoms with Crippen molar-refractivity contribution in [2.45, 2.75) is 31.7 Å². The summed E-state index contributed by atoms with van der Waals surface area (Å²) >= 11 is 1.63. The van der Waals surface area contributed by atoms with Crippen molar-refractivity contribution in [3.8, 4) is 10.7 Å². The Labute approximate surface area is 156 Å². The van der Waals surface area contributed by atoms with E-state index in [1.54, 1.807) is 23.6 Å². The van der Waals surface area contributed by atoms with Gasteiger partial charge in [-0.25, -0.2) is 9.97 Å². The largest absolute Gasteiger partial charge is 0.349 e. The van der Waals surface area contributed by atoms with E-state index in [9.17, 15) is 4.79 Å². The maximum absolute atomic E-state index is 12.9. The number of carbonyl (C=O) groups is 1. The fourth-order valence-corrected chi connectivity index (χ4v) is 4.44. The van der Waals surface area contributed by atoms with Crippen molar-refractivity contribution < 1.29 is 4.79 Å². The molecule has 3 N–H and O–H groups in total. The molecule has 3 heterocycles. The lowest BCUT2D eigenvalue weighted by Gasteiger charge is -2.28. The zero-order valence-electron chi connectivity index (χ0n) is 14.8. The smallest absolute Gasteiger partial charge is 0.253 e. The summed E-state index contributed by atoms with van der Waals surface area (Å²) in [6.45, 7) is 0.741. The molecule has 4 rings (SSSR count). The first-order chi connectivity index (χ1) is 12.7. The van der Waals surface area contributed by atoms with E-state index in [-0.39, 0.29) is 11.9 Å². The number of nitrogens with one attached hydrogen (secondary N) is 1. The maximum atomic E-state index is 12.9. The predicted octanol–water partition coefficient (Wildman–Crippen LogP) is 2.94. The molecule has 0 spiro atoms. The maximum Gasteiger partial charge on any atom is 0.253 e. The molecule has 0 aromatic carbocycles. The molecule has 3 aromatic heterocycles. The summed E-state index contributed by atoms with van der Waals surface area (Å²) in [4.78, 5) is 23.1. The summed E-state index contributed by atoms with van der Waals surface area (Å²) in [7, 11) is 1.94. The quantitative estimate of drug-likeness (QED) is 0.740. The van der Waals surface area contributed by atoms with Crippen LogP contribution in [-0.4, -0.2) is 33.0 Å². The van der Waals surface area contributed by atoms with Crippen molar-refractivity contribution in [3.63, 3.8) is 0 Å². The van der Waals surface area contributed by atoms with Crippen LogP contribution in [0.5, 0.6) is 0 Å². The third-order valence-electron chi connectivity index (χ3n) is 5.26. The molecule has 6 nitrogen and oxygen atoms in total. The van der Waals surface area contributed by atoms with Crippen molar-refractivity contribution in [1.82, 2.24) is 19.9 Å². The van der Waals surface area contributed by atoms with Crippen molar-refractivity contribution in [1.29, 1.82) is 0 Å². The number of nitrogens with zero attached hydrogens (tertiary/aromatic N) is 3. The number of hydrogen-bond acceptors (Lipinski definition) is 5. The van der Waals surface area contributed by atoms with Gasteiger partial charge in [-0.05, 0) is 55.7 Å². The minimum atomic E-state index is -0.0653. The van der Waals surface area contributed by atoms with Crippen LogP contribution in [0.3, 0.4) is 0 Å². The number of aromatic nitrogens is 3. The first-order valence-electron chi connectivity index (χ1n) is 9.03. The predicted molar refractivity (Wildman–Crippen MR) is 104 cm³/mol. The van der Waals surface area contributed by atoms with E-state index in [4.69, 9.17) is 10.7 Å². The Balaban J connectivity index is 1.60. The van der Waals surface area contributed by atoms with E-state index in [0.29, 0.717) is 17.0 Å². The summed E-state index contributed by atoms with van der Waals surface area (Å²) in [6.07, 6.45) is 5.83. The van der Waals surface area contributed by atoms with Gasteiger partial charge in [0.2, 0.25) is 0 Å². The lowest BCUT2D eigenvalue weighted by molar-refractivity contribution is 0.0924. The van der Waals surface area contributed by atoms with Gasteiger partial charge in [0.05, 0.1) is 10.4 Å². The zero-order chi connectivity index (χ0) is 18.1. The molecule has 1 saturated carbocycles. The Morgan fingerprint density at radius 3 is 2.85 bits per heavy atom. The van der Waals surface area contributed by atoms with E-state index in [1.165, 1.54) is 0 Å². The van der Waals surface area contributed by atoms with Gasteiger partial charge in [0.1, 0.15) is 5.52 Å². The Bertz CT molecular complexity index is 910. The van der Waals surface area contributed by atoms with Gasteiger partial charge in [0.25, 0.3) is 5.91 Å². The number of aryl methyl sites for hydroxylation is 1. The summed E-state index contributed by atoms with van der Waals surface area (Å²) in [5.41, 5.74) is 7.74. The van der Waals surface area contributed by atoms with Crippen LogP contribution in [0.1, 0.15) is 36.0 Å². The van der Waals surface area contributed by atoms with Crippen LogP contribution < -0.4 is 11.1 Å². The normalized spacial score (nSPS) is 20.4. The standard InChI is InChI=1S/C19H23N5OS/c1-24-17(15-3-2-10-26-15)23-16-14(8-9-21-18(16)24)19(25)22-13-6-4-12(11-20)5-7-13/h2-3,8-10,12-13H,4-7,11,20H2,1H3,(H,22,25). The summed E-state index contributed by atoms with van der Waals surface area (Å²) in [5.74, 6) is 1.37. The van der Waals surface area contributed by atoms with Crippen LogP contribution in [0.4, 0.5) is 0 Å². The lowest BCUT2D eigenvalue weighted by atomic mass is 9.86. The Morgan fingerprint density at radius 1 is 1.35 bits per heavy atom. The van der Waals surface area contributed by atoms with Crippen molar-refractivity contribution in [2.24, 2.45) is 18.7 Å². The van der Waals surface area contributed by atoms with E-state index < -0.39 is 0 Å². The van der Waals surface area contributed by atoms with Crippen LogP contribution in [0.15, 0.2) is 29.8 Å². The average Bonchev–Trinajstić information content (AvgIpc) is 3.30. The summed E-state index contributed by atoms with van der Waals surface area (Å²) in [6, 6.07) is 6.00. The molecule has 1 fully saturated rings. The van der Waals surface area contributed by atoms with Gasteiger partial charge < -0.3 is 15.6 Å². The second-order valence-electron chi connectivity index (χ2n) is 6.93. The molecule has 0 unspecified atom stereocenters. The highest BCUT2D eigenvalue weighted by atomic mass is 32.1. The second-order valence-corrected chi connectivity index (χ2v) is 7.88. The molecule has 1 aliphatic carbocycles. The first kappa shape index (κ1) is 17.2. The number of rotatable bonds is 4. The fraction of sp³-hybridized carbons (Fsp3) is 0.421. The number of carbonyl (C=O) groups excluding carboxylic acids is 1. The number of pyridine rings is 1. The molecule has 0 radical (unpaired) electrons. The van der Waals surface area contributed by atoms with Gasteiger partial charge in [-0.3, -0.25) is 4.79 Å². The molecule has 0 aliphatic heterocycles. The molecule has 0 bridgehead atoms. The van der Waals surface area contributed by atoms with Crippen molar-refractivity contribution in [3.05, 3.63) is 35.3 Å². The van der Waals surface area contributed by atoms with Gasteiger partial charge in [-0.15, -0.1) is 11.3 Å². The molecule has 0 saturated heterocycles. The van der Waals surface area contributed by atoms with Gasteiger partial charge in [-0.2, -0.15) is 0 Å². The average molecular weight is 369 g/mol. The Morgan fingerprint density at radius 2 is 2.15 bits per heavy atom. The monoisotopic (exact) mass is 369 g/mol. The van der Waals surface area contributed by atoms with Crippen LogP contribution in [0.2, 0.25) is 0 Å². The topological polar surface area (TPSA) is 85.8 Å². The van der Waals surface area contributed by atoms with E-state index in [0.717, 1.165) is 48.6 Å². The Hall–Kier alpha value is -2.25. The number of nitrogens with two attached hydrogens (primary N) is 1. The molecular weight excluding hydrogens is 346 g/mol. The zero-order valence-corrected chi connectivity index (χ0v) is 15.6. The van der Waals surface area contributed by atoms with Crippen molar-refractivity contribution >= 4 is 28.4 Å². The highest BCUT2D eigenvalue weighted by Gasteiger charge is 2.24. The molecule has 7 heteroatoms. The summed E-state index contributed by atoms with van der Waals surface area (Å²) < 4.78 is 1.95. The third kappa shape index (κ3) is 3.12. The number of amides is 1. The van der Waals surface area contributed by atoms with Crippen LogP contribution in [0, 0.1) is 5.92 Å². The molecule has 1 amide bonds. The molecule has 0 atom stereocenters. The molecular formula is C19H23N5OS. The van der Waals surface area contributed by atoms with E-state index >= 15 is 0 Å². The molecule has 1 aliphatic rings. The van der Waals surface area contributed by atoms with Gasteiger partial charge in [0, 0.05) is 19.3 Å². The van der Waals surface area contributed by atoms with Crippen LogP contribution >= 0.6 is 11.3 Å². The summed E-state index contributed by atoms with van der Waals surface area (Å²) in [5, 5.41) is 5.20. The SMILES string of the molecule is Cn1c(-c2cccs2)nc2c(C(=O)NC3CCC(CN)CC3)ccnc21. The number of fused-ring (bicyclic) bond motifs is 1. The van der Waals surface area contributed by atoms with Crippen LogP contribution in [0.25, 0.3) is 21.9 Å². The lowest BCUT2D eigenvalue weighted by Crippen LogP contribution is -2.38. The highest BCUT2D eigenvalue weighted by molar-refractivity contribution is 7.13. The minimum Gasteiger partial charge on any atom is -0.349 e. The second kappa shape index (κ2) is 7.17. The van der Waals surface area contributed by atoms with E-state index in [2.05, 4.69) is 10.3 Å².